The minimum Gasteiger partial charge on any atom is -0.480 e. The SMILES string of the molecule is CCn1cc(S(=O)(=O)NC(CCCOC)C(=O)O)nc1C. The Morgan fingerprint density at radius 3 is 2.71 bits per heavy atom. The van der Waals surface area contributed by atoms with E-state index >= 15 is 0 Å². The zero-order valence-corrected chi connectivity index (χ0v) is 13.2. The van der Waals surface area contributed by atoms with Gasteiger partial charge in [0.25, 0.3) is 10.0 Å². The van der Waals surface area contributed by atoms with Gasteiger partial charge in [-0.05, 0) is 26.7 Å². The Morgan fingerprint density at radius 2 is 2.24 bits per heavy atom. The third-order valence-electron chi connectivity index (χ3n) is 3.01. The summed E-state index contributed by atoms with van der Waals surface area (Å²) in [4.78, 5) is 15.1. The Hall–Kier alpha value is -1.45. The number of imidazole rings is 1. The van der Waals surface area contributed by atoms with Gasteiger partial charge in [-0.15, -0.1) is 0 Å². The molecular formula is C12H21N3O5S. The fraction of sp³-hybridized carbons (Fsp3) is 0.667. The molecule has 1 rings (SSSR count). The lowest BCUT2D eigenvalue weighted by Crippen LogP contribution is -2.41. The number of aromatic nitrogens is 2. The molecule has 0 bridgehead atoms. The van der Waals surface area contributed by atoms with Crippen molar-refractivity contribution in [2.24, 2.45) is 0 Å². The molecule has 0 fully saturated rings. The van der Waals surface area contributed by atoms with E-state index in [4.69, 9.17) is 9.84 Å². The Kier molecular flexibility index (Phi) is 6.31. The van der Waals surface area contributed by atoms with Crippen LogP contribution in [0.2, 0.25) is 0 Å². The molecule has 0 spiro atoms. The molecule has 1 unspecified atom stereocenters. The first kappa shape index (κ1) is 17.6. The Balaban J connectivity index is 2.87. The molecule has 0 aliphatic carbocycles. The van der Waals surface area contributed by atoms with Gasteiger partial charge in [-0.25, -0.2) is 13.4 Å². The van der Waals surface area contributed by atoms with Crippen LogP contribution in [0.3, 0.4) is 0 Å². The summed E-state index contributed by atoms with van der Waals surface area (Å²) in [5.41, 5.74) is 0. The van der Waals surface area contributed by atoms with E-state index in [0.717, 1.165) is 0 Å². The predicted octanol–water partition coefficient (Wildman–Crippen LogP) is 0.370. The largest absolute Gasteiger partial charge is 0.480 e. The molecule has 0 aliphatic heterocycles. The zero-order chi connectivity index (χ0) is 16.0. The molecule has 1 heterocycles. The molecule has 1 atom stereocenters. The van der Waals surface area contributed by atoms with Crippen molar-refractivity contribution in [2.75, 3.05) is 13.7 Å². The molecule has 0 aromatic carbocycles. The van der Waals surface area contributed by atoms with Crippen molar-refractivity contribution in [3.8, 4) is 0 Å². The van der Waals surface area contributed by atoms with Crippen molar-refractivity contribution >= 4 is 16.0 Å². The van der Waals surface area contributed by atoms with Crippen molar-refractivity contribution in [3.63, 3.8) is 0 Å². The third-order valence-corrected chi connectivity index (χ3v) is 4.35. The van der Waals surface area contributed by atoms with E-state index in [1.807, 2.05) is 6.92 Å². The predicted molar refractivity (Wildman–Crippen MR) is 75.5 cm³/mol. The van der Waals surface area contributed by atoms with E-state index in [2.05, 4.69) is 9.71 Å². The smallest absolute Gasteiger partial charge is 0.321 e. The first-order valence-electron chi connectivity index (χ1n) is 6.59. The van der Waals surface area contributed by atoms with Crippen LogP contribution < -0.4 is 4.72 Å². The van der Waals surface area contributed by atoms with Gasteiger partial charge in [0, 0.05) is 26.5 Å². The van der Waals surface area contributed by atoms with E-state index < -0.39 is 22.0 Å². The molecule has 8 nitrogen and oxygen atoms in total. The lowest BCUT2D eigenvalue weighted by Gasteiger charge is -2.13. The summed E-state index contributed by atoms with van der Waals surface area (Å²) in [6.45, 7) is 4.51. The summed E-state index contributed by atoms with van der Waals surface area (Å²) in [5, 5.41) is 8.93. The van der Waals surface area contributed by atoms with Crippen molar-refractivity contribution in [1.29, 1.82) is 0 Å². The van der Waals surface area contributed by atoms with Gasteiger partial charge in [0.15, 0.2) is 5.03 Å². The molecule has 0 radical (unpaired) electrons. The van der Waals surface area contributed by atoms with Crippen LogP contribution in [-0.2, 0) is 26.1 Å². The number of aryl methyl sites for hydroxylation is 2. The first-order chi connectivity index (χ1) is 9.81. The highest BCUT2D eigenvalue weighted by molar-refractivity contribution is 7.89. The van der Waals surface area contributed by atoms with Gasteiger partial charge in [0.05, 0.1) is 0 Å². The number of aliphatic carboxylic acids is 1. The molecule has 21 heavy (non-hydrogen) atoms. The third kappa shape index (κ3) is 4.80. The lowest BCUT2D eigenvalue weighted by atomic mass is 10.2. The van der Waals surface area contributed by atoms with E-state index in [1.54, 1.807) is 11.5 Å². The zero-order valence-electron chi connectivity index (χ0n) is 12.4. The van der Waals surface area contributed by atoms with E-state index in [1.165, 1.54) is 13.3 Å². The fourth-order valence-electron chi connectivity index (χ4n) is 1.84. The van der Waals surface area contributed by atoms with E-state index in [0.29, 0.717) is 25.4 Å². The number of nitrogens with one attached hydrogen (secondary N) is 1. The van der Waals surface area contributed by atoms with Crippen LogP contribution in [0.5, 0.6) is 0 Å². The standard InChI is InChI=1S/C12H21N3O5S/c1-4-15-8-11(13-9(15)2)21(18,19)14-10(12(16)17)6-5-7-20-3/h8,10,14H,4-7H2,1-3H3,(H,16,17). The lowest BCUT2D eigenvalue weighted by molar-refractivity contribution is -0.139. The van der Waals surface area contributed by atoms with Crippen LogP contribution in [0.25, 0.3) is 0 Å². The minimum atomic E-state index is -3.96. The number of ether oxygens (including phenoxy) is 1. The normalized spacial score (nSPS) is 13.3. The number of methoxy groups -OCH3 is 1. The van der Waals surface area contributed by atoms with Crippen molar-refractivity contribution in [3.05, 3.63) is 12.0 Å². The van der Waals surface area contributed by atoms with Crippen LogP contribution in [-0.4, -0.2) is 48.8 Å². The van der Waals surface area contributed by atoms with Gasteiger partial charge in [-0.1, -0.05) is 0 Å². The van der Waals surface area contributed by atoms with Gasteiger partial charge in [-0.3, -0.25) is 4.79 Å². The highest BCUT2D eigenvalue weighted by atomic mass is 32.2. The van der Waals surface area contributed by atoms with Crippen LogP contribution in [0.4, 0.5) is 0 Å². The summed E-state index contributed by atoms with van der Waals surface area (Å²) >= 11 is 0. The molecule has 0 saturated heterocycles. The maximum absolute atomic E-state index is 12.2. The molecule has 120 valence electrons. The highest BCUT2D eigenvalue weighted by Crippen LogP contribution is 2.11. The summed E-state index contributed by atoms with van der Waals surface area (Å²) in [6.07, 6.45) is 1.99. The summed E-state index contributed by atoms with van der Waals surface area (Å²) < 4.78 is 33.0. The van der Waals surface area contributed by atoms with Crippen molar-refractivity contribution < 1.29 is 23.1 Å². The van der Waals surface area contributed by atoms with Crippen LogP contribution in [0.1, 0.15) is 25.6 Å². The van der Waals surface area contributed by atoms with Crippen molar-refractivity contribution in [2.45, 2.75) is 44.3 Å². The topological polar surface area (TPSA) is 111 Å². The molecule has 0 saturated carbocycles. The number of nitrogens with zero attached hydrogens (tertiary/aromatic N) is 2. The number of hydrogen-bond acceptors (Lipinski definition) is 5. The number of carboxylic acids is 1. The molecule has 0 amide bonds. The highest BCUT2D eigenvalue weighted by Gasteiger charge is 2.27. The number of hydrogen-bond donors (Lipinski definition) is 2. The molecular weight excluding hydrogens is 298 g/mol. The number of carbonyl (C=O) groups is 1. The number of sulfonamides is 1. The quantitative estimate of drug-likeness (QED) is 0.636. The molecule has 1 aromatic rings. The molecule has 2 N–H and O–H groups in total. The average molecular weight is 319 g/mol. The fourth-order valence-corrected chi connectivity index (χ4v) is 3.07. The molecule has 0 aliphatic rings. The average Bonchev–Trinajstić information content (AvgIpc) is 2.79. The second-order valence-electron chi connectivity index (χ2n) is 4.56. The maximum atomic E-state index is 12.2. The van der Waals surface area contributed by atoms with Gasteiger partial charge in [0.2, 0.25) is 0 Å². The second kappa shape index (κ2) is 7.53. The molecule has 9 heteroatoms. The summed E-state index contributed by atoms with van der Waals surface area (Å²) in [7, 11) is -2.46. The van der Waals surface area contributed by atoms with Crippen LogP contribution in [0, 0.1) is 6.92 Å². The van der Waals surface area contributed by atoms with Crippen LogP contribution >= 0.6 is 0 Å². The van der Waals surface area contributed by atoms with Gasteiger partial charge in [0.1, 0.15) is 11.9 Å². The Morgan fingerprint density at radius 1 is 1.57 bits per heavy atom. The minimum absolute atomic E-state index is 0.149. The van der Waals surface area contributed by atoms with Crippen molar-refractivity contribution in [1.82, 2.24) is 14.3 Å². The van der Waals surface area contributed by atoms with E-state index in [9.17, 15) is 13.2 Å². The van der Waals surface area contributed by atoms with Crippen LogP contribution in [0.15, 0.2) is 11.2 Å². The second-order valence-corrected chi connectivity index (χ2v) is 6.22. The van der Waals surface area contributed by atoms with E-state index in [-0.39, 0.29) is 11.4 Å². The van der Waals surface area contributed by atoms with Gasteiger partial charge < -0.3 is 14.4 Å². The summed E-state index contributed by atoms with van der Waals surface area (Å²) in [6, 6.07) is -1.20. The monoisotopic (exact) mass is 319 g/mol. The Bertz CT molecular complexity index is 582. The number of carboxylic acid groups (broad SMARTS) is 1. The summed E-state index contributed by atoms with van der Waals surface area (Å²) in [5.74, 6) is -0.662. The van der Waals surface area contributed by atoms with Gasteiger partial charge >= 0.3 is 5.97 Å². The molecule has 1 aromatic heterocycles. The Labute approximate surface area is 124 Å². The maximum Gasteiger partial charge on any atom is 0.321 e. The van der Waals surface area contributed by atoms with Gasteiger partial charge in [-0.2, -0.15) is 4.72 Å². The first-order valence-corrected chi connectivity index (χ1v) is 8.08. The number of rotatable bonds is 9.